The van der Waals surface area contributed by atoms with Crippen LogP contribution < -0.4 is 5.43 Å². The van der Waals surface area contributed by atoms with Crippen molar-refractivity contribution in [2.45, 2.75) is 25.7 Å². The lowest BCUT2D eigenvalue weighted by atomic mass is 10.1. The van der Waals surface area contributed by atoms with Gasteiger partial charge < -0.3 is 14.6 Å². The van der Waals surface area contributed by atoms with Crippen molar-refractivity contribution >= 4 is 28.8 Å². The number of aryl methyl sites for hydroxylation is 1. The fourth-order valence-corrected chi connectivity index (χ4v) is 4.72. The Morgan fingerprint density at radius 2 is 2.00 bits per heavy atom. The van der Waals surface area contributed by atoms with Gasteiger partial charge in [0.2, 0.25) is 5.43 Å². The second kappa shape index (κ2) is 8.76. The van der Waals surface area contributed by atoms with E-state index in [0.717, 1.165) is 30.6 Å². The van der Waals surface area contributed by atoms with Crippen molar-refractivity contribution in [1.29, 1.82) is 0 Å². The van der Waals surface area contributed by atoms with Gasteiger partial charge in [0, 0.05) is 32.8 Å². The van der Waals surface area contributed by atoms with Crippen LogP contribution in [0.2, 0.25) is 5.02 Å². The van der Waals surface area contributed by atoms with Crippen molar-refractivity contribution in [3.05, 3.63) is 61.7 Å². The molecule has 1 aliphatic rings. The second-order valence-electron chi connectivity index (χ2n) is 7.42. The summed E-state index contributed by atoms with van der Waals surface area (Å²) in [6, 6.07) is 4.72. The largest absolute Gasteiger partial charge is 0.503 e. The van der Waals surface area contributed by atoms with E-state index in [1.54, 1.807) is 24.1 Å². The first kappa shape index (κ1) is 21.5. The van der Waals surface area contributed by atoms with Crippen LogP contribution in [0, 0.1) is 5.82 Å². The zero-order chi connectivity index (χ0) is 22.1. The number of likely N-dealkylation sites (tertiary alicyclic amines) is 1. The number of hydrogen-bond acceptors (Lipinski definition) is 6. The molecule has 3 heterocycles. The van der Waals surface area contributed by atoms with Gasteiger partial charge in [0.1, 0.15) is 10.8 Å². The number of piperidine rings is 1. The normalized spacial score (nSPS) is 14.1. The van der Waals surface area contributed by atoms with Crippen LogP contribution in [0.25, 0.3) is 10.6 Å². The summed E-state index contributed by atoms with van der Waals surface area (Å²) < 4.78 is 15.6. The molecule has 0 atom stereocenters. The van der Waals surface area contributed by atoms with E-state index in [-0.39, 0.29) is 33.6 Å². The lowest BCUT2D eigenvalue weighted by Crippen LogP contribution is -2.37. The van der Waals surface area contributed by atoms with E-state index >= 15 is 0 Å². The van der Waals surface area contributed by atoms with Gasteiger partial charge in [0.05, 0.1) is 10.6 Å². The van der Waals surface area contributed by atoms with Crippen LogP contribution in [0.15, 0.2) is 29.2 Å². The number of rotatable bonds is 4. The van der Waals surface area contributed by atoms with Gasteiger partial charge in [-0.3, -0.25) is 9.59 Å². The maximum atomic E-state index is 14.2. The Morgan fingerprint density at radius 3 is 2.74 bits per heavy atom. The third kappa shape index (κ3) is 4.20. The minimum absolute atomic E-state index is 0.0231. The SMILES string of the molecule is Cn1cc(-c2nnc(Cc3cccc(Cl)c3F)s2)c(=O)c(O)c1C(=O)N1CCCCC1. The molecule has 4 rings (SSSR count). The predicted octanol–water partition coefficient (Wildman–Crippen LogP) is 3.62. The number of pyridine rings is 1. The van der Waals surface area contributed by atoms with Gasteiger partial charge in [0.15, 0.2) is 16.5 Å². The molecule has 162 valence electrons. The fourth-order valence-electron chi connectivity index (χ4n) is 3.65. The zero-order valence-electron chi connectivity index (χ0n) is 16.8. The summed E-state index contributed by atoms with van der Waals surface area (Å²) in [6.45, 7) is 1.21. The molecule has 0 saturated carbocycles. The molecule has 0 bridgehead atoms. The number of aromatic hydroxyl groups is 1. The highest BCUT2D eigenvalue weighted by Crippen LogP contribution is 2.27. The number of aromatic nitrogens is 3. The molecule has 1 N–H and O–H groups in total. The van der Waals surface area contributed by atoms with Gasteiger partial charge in [-0.15, -0.1) is 10.2 Å². The first-order chi connectivity index (χ1) is 14.9. The Morgan fingerprint density at radius 1 is 1.26 bits per heavy atom. The summed E-state index contributed by atoms with van der Waals surface area (Å²) in [5.41, 5.74) is -0.226. The number of hydrogen-bond donors (Lipinski definition) is 1. The van der Waals surface area contributed by atoms with Crippen LogP contribution >= 0.6 is 22.9 Å². The van der Waals surface area contributed by atoms with Crippen molar-refractivity contribution in [3.8, 4) is 16.3 Å². The molecule has 1 amide bonds. The van der Waals surface area contributed by atoms with E-state index in [2.05, 4.69) is 10.2 Å². The van der Waals surface area contributed by atoms with E-state index in [1.165, 1.54) is 16.8 Å². The van der Waals surface area contributed by atoms with E-state index in [0.29, 0.717) is 23.7 Å². The molecule has 1 aromatic carbocycles. The molecule has 31 heavy (non-hydrogen) atoms. The standard InChI is InChI=1S/C21H20ClFN4O3S/c1-26-11-13(18(28)19(29)17(26)21(30)27-8-3-2-4-9-27)20-25-24-15(31-20)10-12-6-5-7-14(22)16(12)23/h5-7,11,29H,2-4,8-10H2,1H3. The van der Waals surface area contributed by atoms with Gasteiger partial charge in [-0.25, -0.2) is 4.39 Å². The molecular weight excluding hydrogens is 443 g/mol. The highest BCUT2D eigenvalue weighted by molar-refractivity contribution is 7.14. The lowest BCUT2D eigenvalue weighted by molar-refractivity contribution is 0.0710. The Balaban J connectivity index is 1.64. The van der Waals surface area contributed by atoms with Crippen LogP contribution in [-0.4, -0.2) is 43.8 Å². The number of carbonyl (C=O) groups is 1. The molecule has 0 unspecified atom stereocenters. The van der Waals surface area contributed by atoms with Crippen molar-refractivity contribution < 1.29 is 14.3 Å². The average molecular weight is 463 g/mol. The predicted molar refractivity (Wildman–Crippen MR) is 116 cm³/mol. The van der Waals surface area contributed by atoms with Crippen molar-refractivity contribution in [1.82, 2.24) is 19.7 Å². The topological polar surface area (TPSA) is 88.3 Å². The average Bonchev–Trinajstić information content (AvgIpc) is 3.23. The lowest BCUT2D eigenvalue weighted by Gasteiger charge is -2.27. The maximum Gasteiger partial charge on any atom is 0.274 e. The van der Waals surface area contributed by atoms with Gasteiger partial charge in [0.25, 0.3) is 5.91 Å². The molecule has 3 aromatic rings. The summed E-state index contributed by atoms with van der Waals surface area (Å²) in [4.78, 5) is 27.3. The number of nitrogens with zero attached hydrogens (tertiary/aromatic N) is 4. The summed E-state index contributed by atoms with van der Waals surface area (Å²) in [5, 5.41) is 19.4. The summed E-state index contributed by atoms with van der Waals surface area (Å²) >= 11 is 6.94. The molecule has 7 nitrogen and oxygen atoms in total. The van der Waals surface area contributed by atoms with E-state index in [1.807, 2.05) is 0 Å². The van der Waals surface area contributed by atoms with Crippen LogP contribution in [0.1, 0.15) is 40.3 Å². The molecule has 0 spiro atoms. The first-order valence-electron chi connectivity index (χ1n) is 9.84. The van der Waals surface area contributed by atoms with E-state index in [4.69, 9.17) is 11.6 Å². The van der Waals surface area contributed by atoms with Crippen molar-refractivity contribution in [2.75, 3.05) is 13.1 Å². The Kier molecular flexibility index (Phi) is 6.06. The van der Waals surface area contributed by atoms with E-state index < -0.39 is 17.0 Å². The fraction of sp³-hybridized carbons (Fsp3) is 0.333. The van der Waals surface area contributed by atoms with Gasteiger partial charge in [-0.05, 0) is 30.9 Å². The molecule has 0 radical (unpaired) electrons. The monoisotopic (exact) mass is 462 g/mol. The highest BCUT2D eigenvalue weighted by atomic mass is 35.5. The minimum Gasteiger partial charge on any atom is -0.503 e. The minimum atomic E-state index is -0.685. The Bertz CT molecular complexity index is 1200. The zero-order valence-corrected chi connectivity index (χ0v) is 18.3. The second-order valence-corrected chi connectivity index (χ2v) is 8.89. The smallest absolute Gasteiger partial charge is 0.274 e. The maximum absolute atomic E-state index is 14.2. The third-order valence-corrected chi connectivity index (χ3v) is 6.52. The number of halogens is 2. The number of carbonyl (C=O) groups excluding carboxylic acids is 1. The van der Waals surface area contributed by atoms with Gasteiger partial charge >= 0.3 is 0 Å². The summed E-state index contributed by atoms with van der Waals surface area (Å²) in [7, 11) is 1.60. The van der Waals surface area contributed by atoms with Gasteiger partial charge in [-0.2, -0.15) is 0 Å². The summed E-state index contributed by atoms with van der Waals surface area (Å²) in [6.07, 6.45) is 4.51. The molecule has 2 aromatic heterocycles. The highest BCUT2D eigenvalue weighted by Gasteiger charge is 2.26. The van der Waals surface area contributed by atoms with Crippen LogP contribution in [0.4, 0.5) is 4.39 Å². The summed E-state index contributed by atoms with van der Waals surface area (Å²) in [5.74, 6) is -1.49. The number of benzene rings is 1. The Hall–Kier alpha value is -2.78. The number of amides is 1. The first-order valence-corrected chi connectivity index (χ1v) is 11.0. The molecule has 1 fully saturated rings. The van der Waals surface area contributed by atoms with Crippen LogP contribution in [0.5, 0.6) is 5.75 Å². The molecular formula is C21H20ClFN4O3S. The molecule has 1 saturated heterocycles. The van der Waals surface area contributed by atoms with Crippen LogP contribution in [-0.2, 0) is 13.5 Å². The van der Waals surface area contributed by atoms with Crippen molar-refractivity contribution in [2.24, 2.45) is 7.05 Å². The molecule has 10 heteroatoms. The van der Waals surface area contributed by atoms with Crippen molar-refractivity contribution in [3.63, 3.8) is 0 Å². The molecule has 1 aliphatic heterocycles. The quantitative estimate of drug-likeness (QED) is 0.639. The molecule has 0 aliphatic carbocycles. The third-order valence-electron chi connectivity index (χ3n) is 5.28. The Labute approximate surface area is 186 Å². The van der Waals surface area contributed by atoms with Crippen LogP contribution in [0.3, 0.4) is 0 Å². The van der Waals surface area contributed by atoms with Gasteiger partial charge in [-0.1, -0.05) is 35.1 Å². The van der Waals surface area contributed by atoms with E-state index in [9.17, 15) is 19.1 Å².